The number of phenols is 1. The van der Waals surface area contributed by atoms with Crippen molar-refractivity contribution in [1.29, 1.82) is 0 Å². The molecule has 5 aromatic rings. The summed E-state index contributed by atoms with van der Waals surface area (Å²) in [5.41, 5.74) is 26.2. The minimum Gasteiger partial charge on any atom is -0.508 e. The molecular formula is C88H125N21O21S. The number of fused-ring (bicyclic) bond motifs is 4. The van der Waals surface area contributed by atoms with Crippen LogP contribution in [0.3, 0.4) is 0 Å². The first-order valence-electron chi connectivity index (χ1n) is 44.0. The molecule has 0 saturated carbocycles. The van der Waals surface area contributed by atoms with Crippen molar-refractivity contribution >= 4 is 140 Å². The number of H-pyrrole nitrogens is 2. The van der Waals surface area contributed by atoms with Crippen LogP contribution in [0.1, 0.15) is 141 Å². The van der Waals surface area contributed by atoms with Gasteiger partial charge < -0.3 is 126 Å². The molecule has 0 unspecified atom stereocenters. The molecule has 714 valence electrons. The van der Waals surface area contributed by atoms with Gasteiger partial charge >= 0.3 is 5.97 Å². The van der Waals surface area contributed by atoms with Gasteiger partial charge in [-0.05, 0) is 105 Å². The predicted octanol–water partition coefficient (Wildman–Crippen LogP) is -2.98. The molecule has 17 amide bonds. The van der Waals surface area contributed by atoms with E-state index in [9.17, 15) is 68.1 Å². The lowest BCUT2D eigenvalue weighted by Crippen LogP contribution is -2.62. The number of aromatic nitrogens is 2. The van der Waals surface area contributed by atoms with E-state index in [1.54, 1.807) is 81.7 Å². The van der Waals surface area contributed by atoms with E-state index in [0.717, 1.165) is 24.5 Å². The lowest BCUT2D eigenvalue weighted by Gasteiger charge is -2.36. The second-order valence-corrected chi connectivity index (χ2v) is 34.8. The van der Waals surface area contributed by atoms with E-state index >= 15 is 33.6 Å². The smallest absolute Gasteiger partial charge is 0.303 e. The zero-order valence-electron chi connectivity index (χ0n) is 74.9. The Balaban J connectivity index is 1.19. The van der Waals surface area contributed by atoms with Gasteiger partial charge in [0, 0.05) is 113 Å². The highest BCUT2D eigenvalue weighted by Gasteiger charge is 2.47. The molecule has 0 radical (unpaired) electrons. The molecule has 3 saturated heterocycles. The Bertz CT molecular complexity index is 4930. The molecule has 15 atom stereocenters. The number of aliphatic carboxylic acids is 1. The standard InChI is InChI=1S/C88H125N21O21S/c1-9-11-22-67-81(123)98-58(29-30-74(115)116)77(119)104-66(76(118)95-43-72(92)113)45-131-46-73(114)96-62(35-49-25-27-52(110)28-26-49)84(126)105(6)48(5)75(117)100-64(39-71(91)112)86(128)108-33-17-24-68(108)82(124)103-65(40-90)80(122)101-61(34-47(3)4)87(129)109-44-53(111)38-70(109)83(125)99-60(36-50-41-93-56-20-15-13-18-54(50)56)79(121)97-59(31-32-89)78(120)102-63(37-51-42-94-57-21-16-14-19-55(51)57)85(127)107(8)69(23-12-10-2)88(130)106(67)7/h13-16,18-21,25-28,41-42,47-48,53,58-70,93-94,110-111H,9-12,17,22-24,29-40,43-46,89-90H2,1-8H3,(H2,91,112)(H2,92,113)(H,95,118)(H,96,114)(H,97,121)(H,98,123)(H,99,125)(H,100,117)(H,101,122)(H,102,120)(H,103,124)(H,104,119)(H,115,116)/t48-,53+,58-,59-,60-,61-,62-,63-,64+,65-,66-,67-,68-,69-,70-/m0/s1. The summed E-state index contributed by atoms with van der Waals surface area (Å²) in [6, 6.07) is -2.19. The number of hydrogen-bond donors (Lipinski definition) is 19. The zero-order chi connectivity index (χ0) is 96.2. The Morgan fingerprint density at radius 1 is 0.534 bits per heavy atom. The van der Waals surface area contributed by atoms with Crippen molar-refractivity contribution in [2.45, 2.75) is 234 Å². The summed E-state index contributed by atoms with van der Waals surface area (Å²) in [7, 11) is 3.85. The number of carboxylic acids is 1. The van der Waals surface area contributed by atoms with Gasteiger partial charge in [-0.15, -0.1) is 11.8 Å². The average Bonchev–Trinajstić information content (AvgIpc) is 1.50. The summed E-state index contributed by atoms with van der Waals surface area (Å²) >= 11 is 0.712. The van der Waals surface area contributed by atoms with Crippen molar-refractivity contribution in [2.24, 2.45) is 28.9 Å². The van der Waals surface area contributed by atoms with Gasteiger partial charge in [-0.2, -0.15) is 0 Å². The molecular weight excluding hydrogens is 1720 g/mol. The summed E-state index contributed by atoms with van der Waals surface area (Å²) in [5, 5.41) is 58.9. The van der Waals surface area contributed by atoms with Crippen LogP contribution in [0.2, 0.25) is 0 Å². The highest BCUT2D eigenvalue weighted by Crippen LogP contribution is 2.28. The summed E-state index contributed by atoms with van der Waals surface area (Å²) < 4.78 is 0. The molecule has 5 heterocycles. The molecule has 23 N–H and O–H groups in total. The van der Waals surface area contributed by atoms with E-state index in [-0.39, 0.29) is 95.4 Å². The molecule has 0 bridgehead atoms. The van der Waals surface area contributed by atoms with Crippen molar-refractivity contribution in [1.82, 2.24) is 87.6 Å². The van der Waals surface area contributed by atoms with Crippen molar-refractivity contribution in [3.63, 3.8) is 0 Å². The Hall–Kier alpha value is -12.8. The number of thioether (sulfide) groups is 1. The van der Waals surface area contributed by atoms with E-state index in [2.05, 4.69) is 63.1 Å². The topological polar surface area (TPSA) is 640 Å². The SMILES string of the molecule is CCCC[C@H]1C(=O)N(C)[C@@H](CCCC)C(=O)N[C@@H](CCC(=O)O)C(=O)N[C@H](C(=O)NCC(N)=O)CSCC(=O)N[C@@H](Cc2ccc(O)cc2)C(=O)N(C)[C@@H](C)C(=O)N[C@H](CC(N)=O)C(=O)N2CCC[C@H]2C(=O)N[C@@H](CN)C(=O)N[C@@H](CC(C)C)C(=O)N2C[C@H](O)C[C@H]2C(=O)N[C@@H](Cc2c[nH]c3ccccc23)C(=O)N[C@@H](CCN)C(=O)N[C@@H](Cc2c[nH]c3ccccc23)C(=O)N1C. The van der Waals surface area contributed by atoms with Crippen molar-refractivity contribution < 1.29 is 102 Å². The summed E-state index contributed by atoms with van der Waals surface area (Å²) in [6.07, 6.45) is -0.184. The number of rotatable bonds is 25. The molecule has 3 aliphatic rings. The largest absolute Gasteiger partial charge is 0.508 e. The van der Waals surface area contributed by atoms with Crippen LogP contribution >= 0.6 is 11.8 Å². The van der Waals surface area contributed by atoms with Gasteiger partial charge in [-0.3, -0.25) is 86.3 Å². The maximum absolute atomic E-state index is 15.8. The van der Waals surface area contributed by atoms with Gasteiger partial charge in [0.1, 0.15) is 90.3 Å². The first-order valence-corrected chi connectivity index (χ1v) is 45.2. The number of para-hydroxylation sites is 2. The lowest BCUT2D eigenvalue weighted by molar-refractivity contribution is -0.149. The first kappa shape index (κ1) is 104. The number of unbranched alkanes of at least 4 members (excludes halogenated alkanes) is 2. The maximum Gasteiger partial charge on any atom is 0.303 e. The molecule has 2 aromatic heterocycles. The highest BCUT2D eigenvalue weighted by atomic mass is 32.2. The van der Waals surface area contributed by atoms with Crippen molar-refractivity contribution in [2.75, 3.05) is 65.4 Å². The molecule has 43 heteroatoms. The molecule has 3 aromatic carbocycles. The predicted molar refractivity (Wildman–Crippen MR) is 481 cm³/mol. The number of nitrogens with zero attached hydrogens (tertiary/aromatic N) is 5. The van der Waals surface area contributed by atoms with Crippen molar-refractivity contribution in [3.05, 3.63) is 102 Å². The maximum atomic E-state index is 15.8. The number of aliphatic hydroxyl groups excluding tert-OH is 1. The van der Waals surface area contributed by atoms with Gasteiger partial charge in [-0.25, -0.2) is 0 Å². The number of carboxylic acid groups (broad SMARTS) is 1. The molecule has 3 aliphatic heterocycles. The molecule has 0 aliphatic carbocycles. The van der Waals surface area contributed by atoms with Gasteiger partial charge in [-0.1, -0.05) is 102 Å². The first-order chi connectivity index (χ1) is 62.3. The van der Waals surface area contributed by atoms with Crippen LogP contribution in [-0.2, 0) is 106 Å². The van der Waals surface area contributed by atoms with Crippen LogP contribution in [0.4, 0.5) is 0 Å². The third kappa shape index (κ3) is 28.9. The number of carbonyl (C=O) groups excluding carboxylic acids is 17. The fourth-order valence-corrected chi connectivity index (χ4v) is 17.0. The highest BCUT2D eigenvalue weighted by molar-refractivity contribution is 8.00. The minimum absolute atomic E-state index is 0.0196. The number of aromatic amines is 2. The average molecular weight is 1850 g/mol. The Labute approximate surface area is 761 Å². The monoisotopic (exact) mass is 1840 g/mol. The quantitative estimate of drug-likeness (QED) is 0.0277. The van der Waals surface area contributed by atoms with Gasteiger partial charge in [0.25, 0.3) is 0 Å². The number of nitrogens with one attached hydrogen (secondary N) is 12. The van der Waals surface area contributed by atoms with Crippen LogP contribution < -0.4 is 76.1 Å². The number of phenolic OH excluding ortho intramolecular Hbond substituents is 1. The number of carbonyl (C=O) groups is 18. The number of primary amides is 2. The summed E-state index contributed by atoms with van der Waals surface area (Å²) in [4.78, 5) is 272. The van der Waals surface area contributed by atoms with Crippen LogP contribution in [-0.4, -0.2) is 312 Å². The molecule has 8 rings (SSSR count). The van der Waals surface area contributed by atoms with Crippen LogP contribution in [0.25, 0.3) is 21.8 Å². The number of aromatic hydroxyl groups is 1. The number of hydrogen-bond acceptors (Lipinski definition) is 23. The number of amides is 17. The van der Waals surface area contributed by atoms with E-state index in [0.29, 0.717) is 69.5 Å². The fraction of sp³-hybridized carbons (Fsp3) is 0.545. The van der Waals surface area contributed by atoms with Gasteiger partial charge in [0.2, 0.25) is 100 Å². The molecule has 3 fully saturated rings. The van der Waals surface area contributed by atoms with Crippen LogP contribution in [0.5, 0.6) is 5.75 Å². The lowest BCUT2D eigenvalue weighted by atomic mass is 9.99. The Morgan fingerprint density at radius 3 is 1.64 bits per heavy atom. The summed E-state index contributed by atoms with van der Waals surface area (Å²) in [5.74, 6) is -19.3. The third-order valence-corrected chi connectivity index (χ3v) is 24.5. The van der Waals surface area contributed by atoms with Crippen LogP contribution in [0, 0.1) is 5.92 Å². The second-order valence-electron chi connectivity index (χ2n) is 33.8. The number of nitrogens with two attached hydrogens (primary N) is 4. The molecule has 0 spiro atoms. The van der Waals surface area contributed by atoms with Crippen molar-refractivity contribution in [3.8, 4) is 5.75 Å². The summed E-state index contributed by atoms with van der Waals surface area (Å²) in [6.45, 7) is 6.21. The minimum atomic E-state index is -1.78. The van der Waals surface area contributed by atoms with Crippen LogP contribution in [0.15, 0.2) is 85.2 Å². The number of benzene rings is 3. The molecule has 42 nitrogen and oxygen atoms in total. The van der Waals surface area contributed by atoms with E-state index < -0.39 is 247 Å². The Morgan fingerprint density at radius 2 is 1.05 bits per heavy atom. The Kier molecular flexibility index (Phi) is 39.0. The van der Waals surface area contributed by atoms with E-state index in [1.807, 2.05) is 6.92 Å². The zero-order valence-corrected chi connectivity index (χ0v) is 75.8. The second kappa shape index (κ2) is 49.3. The van der Waals surface area contributed by atoms with Gasteiger partial charge in [0.05, 0.1) is 24.8 Å². The van der Waals surface area contributed by atoms with E-state index in [1.165, 1.54) is 52.3 Å². The van der Waals surface area contributed by atoms with Gasteiger partial charge in [0.15, 0.2) is 0 Å². The third-order valence-electron chi connectivity index (χ3n) is 23.5. The number of aliphatic hydroxyl groups is 1. The normalized spacial score (nSPS) is 25.2. The number of likely N-dealkylation sites (N-methyl/N-ethyl adjacent to an activating group) is 3. The molecule has 131 heavy (non-hydrogen) atoms. The van der Waals surface area contributed by atoms with E-state index in [4.69, 9.17) is 22.9 Å². The fourth-order valence-electron chi connectivity index (χ4n) is 16.2.